The molecule has 2 aliphatic heterocycles. The zero-order valence-corrected chi connectivity index (χ0v) is 16.0. The van der Waals surface area contributed by atoms with Crippen LogP contribution >= 0.6 is 0 Å². The third-order valence-electron chi connectivity index (χ3n) is 6.40. The Morgan fingerprint density at radius 1 is 1.15 bits per heavy atom. The monoisotopic (exact) mass is 358 g/mol. The molecule has 3 aliphatic rings. The van der Waals surface area contributed by atoms with E-state index in [-0.39, 0.29) is 23.4 Å². The molecule has 2 fully saturated rings. The zero-order valence-electron chi connectivity index (χ0n) is 16.0. The van der Waals surface area contributed by atoms with E-state index in [1.807, 2.05) is 4.90 Å². The van der Waals surface area contributed by atoms with Crippen LogP contribution in [0.5, 0.6) is 0 Å². The quantitative estimate of drug-likeness (QED) is 0.901. The molecule has 0 unspecified atom stereocenters. The van der Waals surface area contributed by atoms with Crippen molar-refractivity contribution in [2.75, 3.05) is 13.1 Å². The molecule has 1 aromatic heterocycles. The number of aromatic nitrogens is 2. The summed E-state index contributed by atoms with van der Waals surface area (Å²) in [5, 5.41) is 0. The van der Waals surface area contributed by atoms with E-state index in [1.54, 1.807) is 0 Å². The lowest BCUT2D eigenvalue weighted by atomic mass is 10.0. The summed E-state index contributed by atoms with van der Waals surface area (Å²) in [5.74, 6) is 1.16. The van der Waals surface area contributed by atoms with E-state index in [0.717, 1.165) is 69.3 Å². The fourth-order valence-corrected chi connectivity index (χ4v) is 4.79. The number of hydrogen-bond acceptors (Lipinski definition) is 4. The van der Waals surface area contributed by atoms with Gasteiger partial charge in [-0.05, 0) is 39.5 Å². The molecule has 0 spiro atoms. The summed E-state index contributed by atoms with van der Waals surface area (Å²) >= 11 is 0. The average molecular weight is 358 g/mol. The van der Waals surface area contributed by atoms with Crippen molar-refractivity contribution < 1.29 is 4.79 Å². The van der Waals surface area contributed by atoms with Gasteiger partial charge in [-0.1, -0.05) is 12.8 Å². The number of amides is 1. The average Bonchev–Trinajstić information content (AvgIpc) is 3.32. The Bertz CT molecular complexity index is 736. The van der Waals surface area contributed by atoms with Gasteiger partial charge in [0.15, 0.2) is 0 Å². The van der Waals surface area contributed by atoms with E-state index in [2.05, 4.69) is 23.7 Å². The minimum absolute atomic E-state index is 0.0180. The number of likely N-dealkylation sites (tertiary alicyclic amines) is 1. The van der Waals surface area contributed by atoms with Crippen molar-refractivity contribution >= 4 is 5.91 Å². The highest BCUT2D eigenvalue weighted by atomic mass is 16.2. The second-order valence-corrected chi connectivity index (χ2v) is 8.36. The molecule has 1 saturated carbocycles. The van der Waals surface area contributed by atoms with Crippen molar-refractivity contribution in [3.05, 3.63) is 27.4 Å². The fraction of sp³-hybridized carbons (Fsp3) is 0.750. The first-order valence-corrected chi connectivity index (χ1v) is 10.2. The zero-order chi connectivity index (χ0) is 18.3. The standard InChI is InChI=1S/C20H30N4O2/c1-13(2)23-11-9-16-15(12-23)19(25)22-18(21-16)17-8-5-10-24(17)20(26)14-6-3-4-7-14/h13-14,17H,3-12H2,1-2H3,(H,21,22,25)/t17-/m0/s1. The summed E-state index contributed by atoms with van der Waals surface area (Å²) in [6, 6.07) is 0.376. The van der Waals surface area contributed by atoms with Crippen molar-refractivity contribution in [2.45, 2.75) is 77.4 Å². The second-order valence-electron chi connectivity index (χ2n) is 8.36. The molecule has 0 bridgehead atoms. The fourth-order valence-electron chi connectivity index (χ4n) is 4.79. The maximum Gasteiger partial charge on any atom is 0.255 e. The lowest BCUT2D eigenvalue weighted by Gasteiger charge is -2.32. The molecule has 0 radical (unpaired) electrons. The van der Waals surface area contributed by atoms with Crippen LogP contribution in [0.25, 0.3) is 0 Å². The molecule has 1 saturated heterocycles. The first-order chi connectivity index (χ1) is 12.5. The van der Waals surface area contributed by atoms with Gasteiger partial charge in [-0.25, -0.2) is 4.98 Å². The van der Waals surface area contributed by atoms with E-state index in [9.17, 15) is 9.59 Å². The van der Waals surface area contributed by atoms with E-state index >= 15 is 0 Å². The van der Waals surface area contributed by atoms with Crippen LogP contribution < -0.4 is 5.56 Å². The summed E-state index contributed by atoms with van der Waals surface area (Å²) in [6.07, 6.45) is 7.06. The van der Waals surface area contributed by atoms with Crippen molar-refractivity contribution in [1.82, 2.24) is 19.8 Å². The molecule has 1 aromatic rings. The number of rotatable bonds is 3. The highest BCUT2D eigenvalue weighted by molar-refractivity contribution is 5.79. The Morgan fingerprint density at radius 3 is 2.65 bits per heavy atom. The van der Waals surface area contributed by atoms with Crippen molar-refractivity contribution in [3.8, 4) is 0 Å². The van der Waals surface area contributed by atoms with Gasteiger partial charge >= 0.3 is 0 Å². The van der Waals surface area contributed by atoms with Gasteiger partial charge in [0.25, 0.3) is 5.56 Å². The molecule has 6 heteroatoms. The normalized spacial score (nSPS) is 24.4. The van der Waals surface area contributed by atoms with Crippen molar-refractivity contribution in [2.24, 2.45) is 5.92 Å². The minimum atomic E-state index is -0.0516. The third kappa shape index (κ3) is 3.20. The van der Waals surface area contributed by atoms with Crippen LogP contribution in [-0.2, 0) is 17.8 Å². The van der Waals surface area contributed by atoms with Gasteiger partial charge in [0.1, 0.15) is 5.82 Å². The van der Waals surface area contributed by atoms with Gasteiger partial charge in [0.05, 0.1) is 17.3 Å². The molecule has 0 aromatic carbocycles. The summed E-state index contributed by atoms with van der Waals surface area (Å²) < 4.78 is 0. The highest BCUT2D eigenvalue weighted by Gasteiger charge is 2.36. The smallest absolute Gasteiger partial charge is 0.255 e. The topological polar surface area (TPSA) is 69.3 Å². The number of hydrogen-bond donors (Lipinski definition) is 1. The Hall–Kier alpha value is -1.69. The van der Waals surface area contributed by atoms with Crippen LogP contribution in [-0.4, -0.2) is 44.8 Å². The highest BCUT2D eigenvalue weighted by Crippen LogP contribution is 2.35. The molecule has 1 aliphatic carbocycles. The lowest BCUT2D eigenvalue weighted by molar-refractivity contribution is -0.136. The molecular weight excluding hydrogens is 328 g/mol. The van der Waals surface area contributed by atoms with Gasteiger partial charge in [0, 0.05) is 38.0 Å². The first-order valence-electron chi connectivity index (χ1n) is 10.2. The van der Waals surface area contributed by atoms with Gasteiger partial charge in [-0.15, -0.1) is 0 Å². The minimum Gasteiger partial charge on any atom is -0.332 e. The number of H-pyrrole nitrogens is 1. The van der Waals surface area contributed by atoms with Crippen molar-refractivity contribution in [1.29, 1.82) is 0 Å². The molecule has 142 valence electrons. The van der Waals surface area contributed by atoms with Crippen LogP contribution in [0, 0.1) is 5.92 Å². The molecule has 26 heavy (non-hydrogen) atoms. The van der Waals surface area contributed by atoms with Crippen LogP contribution in [0.15, 0.2) is 4.79 Å². The summed E-state index contributed by atoms with van der Waals surface area (Å²) in [4.78, 5) is 37.8. The molecule has 1 N–H and O–H groups in total. The Morgan fingerprint density at radius 2 is 1.92 bits per heavy atom. The maximum absolute atomic E-state index is 12.9. The number of fused-ring (bicyclic) bond motifs is 1. The predicted molar refractivity (Wildman–Crippen MR) is 99.8 cm³/mol. The number of carbonyl (C=O) groups is 1. The van der Waals surface area contributed by atoms with Crippen LogP contribution in [0.2, 0.25) is 0 Å². The van der Waals surface area contributed by atoms with Crippen LogP contribution in [0.4, 0.5) is 0 Å². The van der Waals surface area contributed by atoms with Crippen molar-refractivity contribution in [3.63, 3.8) is 0 Å². The molecule has 6 nitrogen and oxygen atoms in total. The number of nitrogens with zero attached hydrogens (tertiary/aromatic N) is 3. The van der Waals surface area contributed by atoms with Gasteiger partial charge in [0.2, 0.25) is 5.91 Å². The Kier molecular flexibility index (Phi) is 4.86. The van der Waals surface area contributed by atoms with E-state index in [4.69, 9.17) is 4.98 Å². The maximum atomic E-state index is 12.9. The number of aromatic amines is 1. The largest absolute Gasteiger partial charge is 0.332 e. The van der Waals surface area contributed by atoms with Gasteiger partial charge in [-0.2, -0.15) is 0 Å². The number of carbonyl (C=O) groups excluding carboxylic acids is 1. The molecule has 1 amide bonds. The summed E-state index contributed by atoms with van der Waals surface area (Å²) in [5.41, 5.74) is 1.72. The molecular formula is C20H30N4O2. The first kappa shape index (κ1) is 17.7. The molecule has 3 heterocycles. The predicted octanol–water partition coefficient (Wildman–Crippen LogP) is 2.39. The number of nitrogens with one attached hydrogen (secondary N) is 1. The van der Waals surface area contributed by atoms with Gasteiger partial charge in [-0.3, -0.25) is 14.5 Å². The van der Waals surface area contributed by atoms with E-state index in [0.29, 0.717) is 18.4 Å². The lowest BCUT2D eigenvalue weighted by Crippen LogP contribution is -2.41. The van der Waals surface area contributed by atoms with Gasteiger partial charge < -0.3 is 9.88 Å². The van der Waals surface area contributed by atoms with Crippen LogP contribution in [0.3, 0.4) is 0 Å². The SMILES string of the molecule is CC(C)N1CCc2nc([C@@H]3CCCN3C(=O)C3CCCC3)[nH]c(=O)c2C1. The summed E-state index contributed by atoms with van der Waals surface area (Å²) in [7, 11) is 0. The molecule has 4 rings (SSSR count). The van der Waals surface area contributed by atoms with E-state index in [1.165, 1.54) is 0 Å². The Labute approximate surface area is 155 Å². The summed E-state index contributed by atoms with van der Waals surface area (Å²) in [6.45, 7) is 6.72. The van der Waals surface area contributed by atoms with E-state index < -0.39 is 0 Å². The van der Waals surface area contributed by atoms with Crippen LogP contribution in [0.1, 0.15) is 75.5 Å². The molecule has 1 atom stereocenters. The third-order valence-corrected chi connectivity index (χ3v) is 6.40. The second kappa shape index (κ2) is 7.14. The Balaban J connectivity index is 1.59.